The van der Waals surface area contributed by atoms with E-state index in [1.54, 1.807) is 24.3 Å². The summed E-state index contributed by atoms with van der Waals surface area (Å²) >= 11 is 0. The smallest absolute Gasteiger partial charge is 0.289 e. The highest BCUT2D eigenvalue weighted by Crippen LogP contribution is 2.15. The lowest BCUT2D eigenvalue weighted by atomic mass is 10.3. The van der Waals surface area contributed by atoms with Gasteiger partial charge in [0.25, 0.3) is 5.91 Å². The molecule has 8 heteroatoms. The summed E-state index contributed by atoms with van der Waals surface area (Å²) in [5.74, 6) is 1.82. The molecule has 3 heterocycles. The normalized spacial score (nSPS) is 16.3. The molecule has 0 bridgehead atoms. The Labute approximate surface area is 154 Å². The zero-order chi connectivity index (χ0) is 18.7. The topological polar surface area (TPSA) is 70.6 Å². The van der Waals surface area contributed by atoms with Gasteiger partial charge in [0.2, 0.25) is 0 Å². The van der Waals surface area contributed by atoms with Gasteiger partial charge in [0.05, 0.1) is 13.1 Å². The Morgan fingerprint density at radius 2 is 2.00 bits per heavy atom. The first-order valence-corrected chi connectivity index (χ1v) is 9.07. The number of amides is 1. The van der Waals surface area contributed by atoms with Crippen molar-refractivity contribution in [2.45, 2.75) is 33.0 Å². The summed E-state index contributed by atoms with van der Waals surface area (Å²) in [6.07, 6.45) is 1.69. The van der Waals surface area contributed by atoms with Crippen LogP contribution in [0.4, 0.5) is 0 Å². The predicted octanol–water partition coefficient (Wildman–Crippen LogP) is 1.47. The van der Waals surface area contributed by atoms with Gasteiger partial charge in [-0.3, -0.25) is 9.69 Å². The van der Waals surface area contributed by atoms with Gasteiger partial charge in [-0.2, -0.15) is 0 Å². The van der Waals surface area contributed by atoms with Crippen molar-refractivity contribution < 1.29 is 9.21 Å². The number of piperazine rings is 1. The SMILES string of the molecule is CC(C)n1cnnc1CN(C)C(=O)c1ccc(CN2CCN(C)CC2)o1. The summed E-state index contributed by atoms with van der Waals surface area (Å²) in [5, 5.41) is 8.07. The third-order valence-electron chi connectivity index (χ3n) is 4.78. The van der Waals surface area contributed by atoms with Gasteiger partial charge in [-0.25, -0.2) is 0 Å². The molecule has 0 spiro atoms. The molecule has 0 radical (unpaired) electrons. The van der Waals surface area contributed by atoms with Crippen LogP contribution in [0.15, 0.2) is 22.9 Å². The first kappa shape index (κ1) is 18.6. The lowest BCUT2D eigenvalue weighted by Gasteiger charge is -2.31. The van der Waals surface area contributed by atoms with Gasteiger partial charge in [0.15, 0.2) is 11.6 Å². The molecule has 1 aliphatic heterocycles. The number of carbonyl (C=O) groups excluding carboxylic acids is 1. The van der Waals surface area contributed by atoms with E-state index in [9.17, 15) is 4.79 Å². The van der Waals surface area contributed by atoms with Crippen molar-refractivity contribution in [3.05, 3.63) is 35.8 Å². The molecule has 2 aromatic rings. The largest absolute Gasteiger partial charge is 0.455 e. The maximum Gasteiger partial charge on any atom is 0.289 e. The van der Waals surface area contributed by atoms with Crippen molar-refractivity contribution in [3.63, 3.8) is 0 Å². The first-order valence-electron chi connectivity index (χ1n) is 9.07. The average molecular weight is 360 g/mol. The van der Waals surface area contributed by atoms with Crippen LogP contribution in [-0.4, -0.2) is 75.6 Å². The van der Waals surface area contributed by atoms with Crippen molar-refractivity contribution in [3.8, 4) is 0 Å². The number of carbonyl (C=O) groups is 1. The fourth-order valence-electron chi connectivity index (χ4n) is 3.09. The number of hydrogen-bond acceptors (Lipinski definition) is 6. The molecule has 0 atom stereocenters. The van der Waals surface area contributed by atoms with E-state index in [4.69, 9.17) is 4.42 Å². The van der Waals surface area contributed by atoms with Gasteiger partial charge >= 0.3 is 0 Å². The molecule has 0 aliphatic carbocycles. The zero-order valence-corrected chi connectivity index (χ0v) is 16.1. The predicted molar refractivity (Wildman–Crippen MR) is 97.7 cm³/mol. The van der Waals surface area contributed by atoms with Crippen LogP contribution in [0.2, 0.25) is 0 Å². The van der Waals surface area contributed by atoms with E-state index < -0.39 is 0 Å². The highest BCUT2D eigenvalue weighted by molar-refractivity contribution is 5.91. The van der Waals surface area contributed by atoms with Gasteiger partial charge in [0.1, 0.15) is 12.1 Å². The Kier molecular flexibility index (Phi) is 5.73. The summed E-state index contributed by atoms with van der Waals surface area (Å²) in [5.41, 5.74) is 0. The van der Waals surface area contributed by atoms with Crippen LogP contribution in [0.1, 0.15) is 42.0 Å². The highest BCUT2D eigenvalue weighted by Gasteiger charge is 2.20. The van der Waals surface area contributed by atoms with Crippen molar-refractivity contribution in [2.75, 3.05) is 40.3 Å². The fraction of sp³-hybridized carbons (Fsp3) is 0.611. The minimum Gasteiger partial charge on any atom is -0.455 e. The van der Waals surface area contributed by atoms with E-state index in [-0.39, 0.29) is 11.9 Å². The average Bonchev–Trinajstić information content (AvgIpc) is 3.25. The van der Waals surface area contributed by atoms with Crippen LogP contribution >= 0.6 is 0 Å². The Hall–Kier alpha value is -2.19. The highest BCUT2D eigenvalue weighted by atomic mass is 16.4. The van der Waals surface area contributed by atoms with Crippen LogP contribution < -0.4 is 0 Å². The minimum atomic E-state index is -0.145. The Morgan fingerprint density at radius 1 is 1.27 bits per heavy atom. The minimum absolute atomic E-state index is 0.145. The number of furan rings is 1. The van der Waals surface area contributed by atoms with Crippen molar-refractivity contribution in [1.82, 2.24) is 29.5 Å². The first-order chi connectivity index (χ1) is 12.4. The molecule has 142 valence electrons. The number of nitrogens with zero attached hydrogens (tertiary/aromatic N) is 6. The van der Waals surface area contributed by atoms with E-state index in [2.05, 4.69) is 40.9 Å². The molecule has 8 nitrogen and oxygen atoms in total. The standard InChI is InChI=1S/C18H28N6O2/c1-14(2)24-13-19-20-17(24)12-22(4)18(25)16-6-5-15(26-16)11-23-9-7-21(3)8-10-23/h5-6,13-14H,7-12H2,1-4H3. The monoisotopic (exact) mass is 360 g/mol. The Balaban J connectivity index is 1.59. The lowest BCUT2D eigenvalue weighted by molar-refractivity contribution is 0.0741. The number of hydrogen-bond donors (Lipinski definition) is 0. The molecule has 1 amide bonds. The zero-order valence-electron chi connectivity index (χ0n) is 16.1. The number of aromatic nitrogens is 3. The lowest BCUT2D eigenvalue weighted by Crippen LogP contribution is -2.43. The second-order valence-corrected chi connectivity index (χ2v) is 7.25. The van der Waals surface area contributed by atoms with E-state index in [0.717, 1.165) is 44.3 Å². The fourth-order valence-corrected chi connectivity index (χ4v) is 3.09. The van der Waals surface area contributed by atoms with Crippen LogP contribution in [0, 0.1) is 0 Å². The van der Waals surface area contributed by atoms with Crippen LogP contribution in [0.25, 0.3) is 0 Å². The van der Waals surface area contributed by atoms with Crippen LogP contribution in [0.3, 0.4) is 0 Å². The Bertz CT molecular complexity index is 730. The molecule has 26 heavy (non-hydrogen) atoms. The molecule has 0 unspecified atom stereocenters. The molecular weight excluding hydrogens is 332 g/mol. The quantitative estimate of drug-likeness (QED) is 0.777. The maximum atomic E-state index is 12.7. The summed E-state index contributed by atoms with van der Waals surface area (Å²) in [6, 6.07) is 3.91. The molecule has 3 rings (SSSR count). The van der Waals surface area contributed by atoms with Gasteiger partial charge in [0, 0.05) is 39.3 Å². The molecule has 0 saturated carbocycles. The van der Waals surface area contributed by atoms with Gasteiger partial charge in [-0.1, -0.05) is 0 Å². The third kappa shape index (κ3) is 4.31. The summed E-state index contributed by atoms with van der Waals surface area (Å²) in [6.45, 7) is 9.42. The number of likely N-dealkylation sites (N-methyl/N-ethyl adjacent to an activating group) is 1. The van der Waals surface area contributed by atoms with Gasteiger partial charge in [-0.15, -0.1) is 10.2 Å². The van der Waals surface area contributed by atoms with Crippen LogP contribution in [-0.2, 0) is 13.1 Å². The molecular formula is C18H28N6O2. The van der Waals surface area contributed by atoms with E-state index in [1.807, 2.05) is 10.6 Å². The second kappa shape index (κ2) is 8.01. The van der Waals surface area contributed by atoms with Crippen molar-refractivity contribution in [1.29, 1.82) is 0 Å². The molecule has 1 saturated heterocycles. The van der Waals surface area contributed by atoms with Gasteiger partial charge < -0.3 is 18.8 Å². The van der Waals surface area contributed by atoms with E-state index in [1.165, 1.54) is 0 Å². The summed E-state index contributed by atoms with van der Waals surface area (Å²) in [7, 11) is 3.89. The van der Waals surface area contributed by atoms with E-state index in [0.29, 0.717) is 12.3 Å². The maximum absolute atomic E-state index is 12.7. The number of rotatable bonds is 6. The van der Waals surface area contributed by atoms with Gasteiger partial charge in [-0.05, 0) is 33.0 Å². The molecule has 2 aromatic heterocycles. The molecule has 0 aromatic carbocycles. The molecule has 0 N–H and O–H groups in total. The summed E-state index contributed by atoms with van der Waals surface area (Å²) in [4.78, 5) is 18.9. The Morgan fingerprint density at radius 3 is 2.69 bits per heavy atom. The summed E-state index contributed by atoms with van der Waals surface area (Å²) < 4.78 is 7.77. The second-order valence-electron chi connectivity index (χ2n) is 7.25. The molecule has 1 fully saturated rings. The third-order valence-corrected chi connectivity index (χ3v) is 4.78. The van der Waals surface area contributed by atoms with Crippen molar-refractivity contribution >= 4 is 5.91 Å². The van der Waals surface area contributed by atoms with E-state index >= 15 is 0 Å². The van der Waals surface area contributed by atoms with Crippen LogP contribution in [0.5, 0.6) is 0 Å². The molecule has 1 aliphatic rings. The van der Waals surface area contributed by atoms with Crippen molar-refractivity contribution in [2.24, 2.45) is 0 Å².